The van der Waals surface area contributed by atoms with Gasteiger partial charge in [0.25, 0.3) is 5.69 Å². The van der Waals surface area contributed by atoms with Crippen molar-refractivity contribution in [2.45, 2.75) is 0 Å². The van der Waals surface area contributed by atoms with Gasteiger partial charge in [0.2, 0.25) is 12.0 Å². The normalized spacial score (nSPS) is 13.1. The van der Waals surface area contributed by atoms with Crippen LogP contribution in [-0.4, -0.2) is 20.7 Å². The van der Waals surface area contributed by atoms with Gasteiger partial charge in [0, 0.05) is 52.3 Å². The van der Waals surface area contributed by atoms with E-state index in [2.05, 4.69) is 15.9 Å². The number of ketones is 1. The van der Waals surface area contributed by atoms with Crippen LogP contribution >= 0.6 is 15.9 Å². The van der Waals surface area contributed by atoms with Gasteiger partial charge in [-0.05, 0) is 47.2 Å². The Morgan fingerprint density at radius 1 is 0.941 bits per heavy atom. The van der Waals surface area contributed by atoms with Crippen molar-refractivity contribution >= 4 is 38.7 Å². The highest BCUT2D eigenvalue weighted by atomic mass is 79.9. The van der Waals surface area contributed by atoms with E-state index in [0.29, 0.717) is 11.1 Å². The third kappa shape index (κ3) is 5.54. The maximum Gasteiger partial charge on any atom is 0.269 e. The summed E-state index contributed by atoms with van der Waals surface area (Å²) in [6.07, 6.45) is 14.1. The Hall–Kier alpha value is -4.30. The van der Waals surface area contributed by atoms with Crippen molar-refractivity contribution in [3.8, 4) is 0 Å². The molecule has 0 atom stereocenters. The van der Waals surface area contributed by atoms with E-state index in [1.165, 1.54) is 30.5 Å². The number of hydrogen-bond donors (Lipinski definition) is 1. The molecule has 1 aliphatic heterocycles. The van der Waals surface area contributed by atoms with Crippen LogP contribution in [0, 0.1) is 16.3 Å². The number of Topliss-reactive ketones (excluding diaryl/α,β-unsaturated/α-hetero) is 1. The second-order valence-corrected chi connectivity index (χ2v) is 8.30. The molecule has 0 amide bonds. The number of aliphatic hydroxyl groups excluding tert-OH is 1. The van der Waals surface area contributed by atoms with Gasteiger partial charge in [0.05, 0.1) is 11.1 Å². The molecule has 0 saturated carbocycles. The van der Waals surface area contributed by atoms with Crippen molar-refractivity contribution in [1.29, 1.82) is 0 Å². The van der Waals surface area contributed by atoms with E-state index in [1.807, 2.05) is 61.0 Å². The van der Waals surface area contributed by atoms with Gasteiger partial charge in [-0.25, -0.2) is 0 Å². The van der Waals surface area contributed by atoms with Crippen LogP contribution in [0.2, 0.25) is 0 Å². The summed E-state index contributed by atoms with van der Waals surface area (Å²) < 4.78 is 2.58. The van der Waals surface area contributed by atoms with Crippen molar-refractivity contribution < 1.29 is 19.1 Å². The van der Waals surface area contributed by atoms with E-state index in [9.17, 15) is 20.0 Å². The molecule has 1 N–H and O–H groups in total. The van der Waals surface area contributed by atoms with E-state index in [0.717, 1.165) is 15.3 Å². The number of pyridine rings is 1. The molecule has 0 spiro atoms. The van der Waals surface area contributed by atoms with Crippen molar-refractivity contribution in [2.24, 2.45) is 0 Å². The molecule has 3 aromatic rings. The summed E-state index contributed by atoms with van der Waals surface area (Å²) >= 11 is 3.38. The van der Waals surface area contributed by atoms with Crippen molar-refractivity contribution in [3.63, 3.8) is 0 Å². The Morgan fingerprint density at radius 3 is 2.12 bits per heavy atom. The first-order valence-corrected chi connectivity index (χ1v) is 11.0. The lowest BCUT2D eigenvalue weighted by molar-refractivity contribution is -0.505. The topological polar surface area (TPSA) is 89.6 Å². The van der Waals surface area contributed by atoms with Crippen LogP contribution in [0.4, 0.5) is 5.69 Å². The van der Waals surface area contributed by atoms with Crippen LogP contribution in [-0.2, 0) is 0 Å². The molecule has 1 aliphatic rings. The molecule has 0 saturated heterocycles. The quantitative estimate of drug-likeness (QED) is 0.176. The zero-order valence-corrected chi connectivity index (χ0v) is 19.4. The number of rotatable bonds is 5. The van der Waals surface area contributed by atoms with Crippen LogP contribution in [0.25, 0.3) is 11.3 Å². The molecule has 0 radical (unpaired) electrons. The van der Waals surface area contributed by atoms with Crippen LogP contribution in [0.15, 0.2) is 108 Å². The van der Waals surface area contributed by atoms with E-state index < -0.39 is 4.92 Å². The molecule has 4 rings (SSSR count). The van der Waals surface area contributed by atoms with Gasteiger partial charge in [0.1, 0.15) is 5.76 Å². The molecule has 0 fully saturated rings. The fourth-order valence-electron chi connectivity index (χ4n) is 3.23. The summed E-state index contributed by atoms with van der Waals surface area (Å²) in [6, 6.07) is 16.7. The van der Waals surface area contributed by atoms with E-state index in [4.69, 9.17) is 0 Å². The largest absolute Gasteiger partial charge is 0.506 e. The summed E-state index contributed by atoms with van der Waals surface area (Å²) in [5.74, 6) is -0.106. The smallest absolute Gasteiger partial charge is 0.269 e. The molecular weight excluding hydrogens is 498 g/mol. The molecule has 0 unspecified atom stereocenters. The standard InChI is InChI=1S/C26H18BrN3O4/c27-23-5-1-21(2-6-23)25(31)17-28-13-9-19(10-14-28)20-11-15-29(16-12-20)18-26(32)22-3-7-24(8-4-22)30(33)34/h1-18H/p+1/b25-17-. The number of nitro benzene ring substituents is 1. The Kier molecular flexibility index (Phi) is 6.79. The van der Waals surface area contributed by atoms with E-state index in [-0.39, 0.29) is 17.2 Å². The molecule has 2 heterocycles. The Morgan fingerprint density at radius 2 is 1.53 bits per heavy atom. The molecular formula is C26H19BrN3O4+. The van der Waals surface area contributed by atoms with E-state index >= 15 is 0 Å². The average molecular weight is 517 g/mol. The summed E-state index contributed by atoms with van der Waals surface area (Å²) in [4.78, 5) is 24.4. The van der Waals surface area contributed by atoms with Gasteiger partial charge in [-0.2, -0.15) is 4.24 Å². The van der Waals surface area contributed by atoms with Gasteiger partial charge >= 0.3 is 0 Å². The van der Waals surface area contributed by atoms with E-state index in [1.54, 1.807) is 27.7 Å². The van der Waals surface area contributed by atoms with Crippen LogP contribution in [0.3, 0.4) is 0 Å². The molecule has 2 aromatic carbocycles. The van der Waals surface area contributed by atoms with Gasteiger partial charge in [-0.1, -0.05) is 28.1 Å². The number of halogens is 1. The zero-order valence-electron chi connectivity index (χ0n) is 17.8. The minimum Gasteiger partial charge on any atom is -0.506 e. The van der Waals surface area contributed by atoms with Crippen LogP contribution in [0.5, 0.6) is 0 Å². The fraction of sp³-hybridized carbons (Fsp3) is 0. The predicted molar refractivity (Wildman–Crippen MR) is 132 cm³/mol. The maximum atomic E-state index is 12.4. The number of non-ortho nitro benzene ring substituents is 1. The van der Waals surface area contributed by atoms with Gasteiger partial charge in [0.15, 0.2) is 12.4 Å². The second-order valence-electron chi connectivity index (χ2n) is 7.39. The van der Waals surface area contributed by atoms with Crippen molar-refractivity contribution in [1.82, 2.24) is 4.90 Å². The second kappa shape index (κ2) is 10.1. The number of hydrogen-bond acceptors (Lipinski definition) is 5. The lowest BCUT2D eigenvalue weighted by atomic mass is 10.1. The third-order valence-corrected chi connectivity index (χ3v) is 5.61. The predicted octanol–water partition coefficient (Wildman–Crippen LogP) is 4.59. The molecule has 8 heteroatoms. The van der Waals surface area contributed by atoms with Gasteiger partial charge < -0.3 is 10.0 Å². The van der Waals surface area contributed by atoms with Gasteiger partial charge in [-0.15, -0.1) is 0 Å². The first-order chi connectivity index (χ1) is 16.4. The van der Waals surface area contributed by atoms with Crippen LogP contribution < -0.4 is 9.46 Å². The number of carbonyl (C=O) groups excluding carboxylic acids is 1. The Labute approximate surface area is 203 Å². The molecule has 1 aromatic heterocycles. The highest BCUT2D eigenvalue weighted by molar-refractivity contribution is 9.10. The minimum absolute atomic E-state index is 0.0586. The first-order valence-electron chi connectivity index (χ1n) is 10.2. The highest BCUT2D eigenvalue weighted by Gasteiger charge is 2.10. The van der Waals surface area contributed by atoms with Crippen LogP contribution in [0.1, 0.15) is 15.9 Å². The van der Waals surface area contributed by atoms with Gasteiger partial charge in [-0.3, -0.25) is 14.9 Å². The minimum atomic E-state index is -0.502. The summed E-state index contributed by atoms with van der Waals surface area (Å²) in [6.45, 7) is 0. The maximum absolute atomic E-state index is 12.4. The Balaban J connectivity index is 1.48. The number of aromatic nitrogens is 1. The number of nitro groups is 1. The lowest BCUT2D eigenvalue weighted by Gasteiger charge is -2.15. The Bertz CT molecular complexity index is 1420. The number of carbonyl (C=O) groups is 1. The first kappa shape index (κ1) is 22.9. The molecule has 0 bridgehead atoms. The lowest BCUT2D eigenvalue weighted by Crippen LogP contribution is -2.22. The molecule has 168 valence electrons. The molecule has 34 heavy (non-hydrogen) atoms. The molecule has 0 aliphatic carbocycles. The summed E-state index contributed by atoms with van der Waals surface area (Å²) in [7, 11) is 0. The fourth-order valence-corrected chi connectivity index (χ4v) is 3.49. The third-order valence-electron chi connectivity index (χ3n) is 5.08. The SMILES string of the molecule is O=C(C=[n+]1ccc(=C2C=CN(/C=C(\O)c3ccc(Br)cc3)C=C2)cc1)c1ccc([N+](=O)[O-])cc1. The highest BCUT2D eigenvalue weighted by Crippen LogP contribution is 2.18. The summed E-state index contributed by atoms with van der Waals surface area (Å²) in [5.41, 5.74) is 2.00. The van der Waals surface area contributed by atoms with Crippen molar-refractivity contribution in [3.05, 3.63) is 141 Å². The molecule has 7 nitrogen and oxygen atoms in total. The zero-order chi connectivity index (χ0) is 24.1. The number of aliphatic hydroxyl groups is 1. The number of allylic oxidation sites excluding steroid dienone is 2. The van der Waals surface area contributed by atoms with Crippen molar-refractivity contribution in [2.75, 3.05) is 0 Å². The monoisotopic (exact) mass is 516 g/mol. The average Bonchev–Trinajstić information content (AvgIpc) is 2.85. The number of nitrogens with zero attached hydrogens (tertiary/aromatic N) is 3. The number of benzene rings is 2. The summed E-state index contributed by atoms with van der Waals surface area (Å²) in [5, 5.41) is 22.0.